The molecule has 2 aromatic carbocycles. The van der Waals surface area contributed by atoms with E-state index in [1.54, 1.807) is 18.2 Å². The van der Waals surface area contributed by atoms with Crippen molar-refractivity contribution in [1.82, 2.24) is 0 Å². The van der Waals surface area contributed by atoms with Crippen molar-refractivity contribution in [2.24, 2.45) is 0 Å². The number of nitro groups is 1. The van der Waals surface area contributed by atoms with Gasteiger partial charge in [-0.25, -0.2) is 0 Å². The van der Waals surface area contributed by atoms with Crippen molar-refractivity contribution in [2.75, 3.05) is 0 Å². The Bertz CT molecular complexity index is 926. The van der Waals surface area contributed by atoms with Crippen LogP contribution >= 0.6 is 0 Å². The number of benzene rings is 2. The number of ketones is 1. The standard InChI is InChI=1S/C17H13NO5/c1-2-14-16(11-5-3-4-6-15(11)23-14)17(20)10-7-8-13(19)12(9-10)18(21)22/h3-9,19H,2H2,1H3. The number of furan rings is 1. The van der Waals surface area contributed by atoms with Gasteiger partial charge in [0, 0.05) is 23.4 Å². The average molecular weight is 311 g/mol. The molecule has 0 unspecified atom stereocenters. The zero-order valence-corrected chi connectivity index (χ0v) is 12.3. The fourth-order valence-corrected chi connectivity index (χ4v) is 2.55. The molecule has 0 radical (unpaired) electrons. The van der Waals surface area contributed by atoms with Crippen molar-refractivity contribution in [3.63, 3.8) is 0 Å². The van der Waals surface area contributed by atoms with E-state index in [0.717, 1.165) is 12.1 Å². The molecule has 0 aliphatic rings. The lowest BCUT2D eigenvalue weighted by atomic mass is 9.99. The Morgan fingerprint density at radius 2 is 2.00 bits per heavy atom. The van der Waals surface area contributed by atoms with E-state index >= 15 is 0 Å². The van der Waals surface area contributed by atoms with Gasteiger partial charge in [0.25, 0.3) is 0 Å². The van der Waals surface area contributed by atoms with E-state index in [4.69, 9.17) is 4.42 Å². The van der Waals surface area contributed by atoms with E-state index in [2.05, 4.69) is 0 Å². The van der Waals surface area contributed by atoms with E-state index in [0.29, 0.717) is 28.7 Å². The molecule has 6 heteroatoms. The fraction of sp³-hybridized carbons (Fsp3) is 0.118. The van der Waals surface area contributed by atoms with Crippen LogP contribution in [0.15, 0.2) is 46.9 Å². The van der Waals surface area contributed by atoms with Gasteiger partial charge in [-0.2, -0.15) is 0 Å². The summed E-state index contributed by atoms with van der Waals surface area (Å²) in [4.78, 5) is 23.0. The molecule has 23 heavy (non-hydrogen) atoms. The number of rotatable bonds is 4. The van der Waals surface area contributed by atoms with Gasteiger partial charge in [-0.3, -0.25) is 14.9 Å². The van der Waals surface area contributed by atoms with Crippen molar-refractivity contribution in [3.8, 4) is 5.75 Å². The van der Waals surface area contributed by atoms with Crippen molar-refractivity contribution < 1.29 is 19.2 Å². The maximum Gasteiger partial charge on any atom is 0.311 e. The zero-order chi connectivity index (χ0) is 16.6. The number of carbonyl (C=O) groups excluding carboxylic acids is 1. The van der Waals surface area contributed by atoms with E-state index in [-0.39, 0.29) is 11.3 Å². The minimum absolute atomic E-state index is 0.135. The van der Waals surface area contributed by atoms with E-state index < -0.39 is 16.4 Å². The number of para-hydroxylation sites is 1. The molecular formula is C17H13NO5. The smallest absolute Gasteiger partial charge is 0.311 e. The molecule has 0 saturated heterocycles. The lowest BCUT2D eigenvalue weighted by Crippen LogP contribution is -2.04. The number of phenols is 1. The number of hydrogen-bond acceptors (Lipinski definition) is 5. The second kappa shape index (κ2) is 5.57. The molecule has 1 heterocycles. The summed E-state index contributed by atoms with van der Waals surface area (Å²) in [6.07, 6.45) is 0.524. The number of fused-ring (bicyclic) bond motifs is 1. The number of carbonyl (C=O) groups is 1. The van der Waals surface area contributed by atoms with Gasteiger partial charge in [-0.1, -0.05) is 25.1 Å². The van der Waals surface area contributed by atoms with Crippen LogP contribution in [0.1, 0.15) is 28.6 Å². The molecule has 0 amide bonds. The highest BCUT2D eigenvalue weighted by Crippen LogP contribution is 2.31. The van der Waals surface area contributed by atoms with Crippen LogP contribution in [-0.4, -0.2) is 15.8 Å². The van der Waals surface area contributed by atoms with Crippen molar-refractivity contribution in [3.05, 3.63) is 69.5 Å². The third-order valence-electron chi connectivity index (χ3n) is 3.65. The number of nitro benzene ring substituents is 1. The van der Waals surface area contributed by atoms with Crippen LogP contribution in [0.2, 0.25) is 0 Å². The molecular weight excluding hydrogens is 298 g/mol. The topological polar surface area (TPSA) is 93.6 Å². The molecule has 1 N–H and O–H groups in total. The lowest BCUT2D eigenvalue weighted by molar-refractivity contribution is -0.385. The zero-order valence-electron chi connectivity index (χ0n) is 12.3. The van der Waals surface area contributed by atoms with Crippen LogP contribution in [-0.2, 0) is 6.42 Å². The number of phenolic OH excluding ortho intramolecular Hbond substituents is 1. The minimum atomic E-state index is -0.722. The number of nitrogens with zero attached hydrogens (tertiary/aromatic N) is 1. The Labute approximate surface area is 131 Å². The van der Waals surface area contributed by atoms with Crippen LogP contribution in [0.5, 0.6) is 5.75 Å². The molecule has 0 fully saturated rings. The van der Waals surface area contributed by atoms with Crippen molar-refractivity contribution >= 4 is 22.4 Å². The summed E-state index contributed by atoms with van der Waals surface area (Å²) in [6, 6.07) is 10.8. The largest absolute Gasteiger partial charge is 0.502 e. The molecule has 0 spiro atoms. The van der Waals surface area contributed by atoms with Gasteiger partial charge in [0.2, 0.25) is 0 Å². The predicted octanol–water partition coefficient (Wildman–Crippen LogP) is 3.84. The highest BCUT2D eigenvalue weighted by Gasteiger charge is 2.23. The molecule has 116 valence electrons. The summed E-state index contributed by atoms with van der Waals surface area (Å²) >= 11 is 0. The van der Waals surface area contributed by atoms with Gasteiger partial charge in [-0.05, 0) is 18.2 Å². The van der Waals surface area contributed by atoms with Gasteiger partial charge >= 0.3 is 5.69 Å². The fourth-order valence-electron chi connectivity index (χ4n) is 2.55. The van der Waals surface area contributed by atoms with Crippen molar-refractivity contribution in [2.45, 2.75) is 13.3 Å². The Morgan fingerprint density at radius 1 is 1.26 bits per heavy atom. The molecule has 3 rings (SSSR count). The Morgan fingerprint density at radius 3 is 2.70 bits per heavy atom. The molecule has 1 aromatic heterocycles. The monoisotopic (exact) mass is 311 g/mol. The van der Waals surface area contributed by atoms with E-state index in [1.807, 2.05) is 13.0 Å². The van der Waals surface area contributed by atoms with Gasteiger partial charge in [0.1, 0.15) is 11.3 Å². The molecule has 0 atom stereocenters. The highest BCUT2D eigenvalue weighted by molar-refractivity contribution is 6.17. The molecule has 0 aliphatic heterocycles. The van der Waals surface area contributed by atoms with Crippen LogP contribution in [0.3, 0.4) is 0 Å². The summed E-state index contributed by atoms with van der Waals surface area (Å²) in [5.41, 5.74) is 0.640. The van der Waals surface area contributed by atoms with Crippen molar-refractivity contribution in [1.29, 1.82) is 0 Å². The molecule has 0 aliphatic carbocycles. The lowest BCUT2D eigenvalue weighted by Gasteiger charge is -2.03. The summed E-state index contributed by atoms with van der Waals surface area (Å²) in [6.45, 7) is 1.87. The first-order chi connectivity index (χ1) is 11.0. The predicted molar refractivity (Wildman–Crippen MR) is 83.8 cm³/mol. The Hall–Kier alpha value is -3.15. The van der Waals surface area contributed by atoms with Gasteiger partial charge < -0.3 is 9.52 Å². The minimum Gasteiger partial charge on any atom is -0.502 e. The third-order valence-corrected chi connectivity index (χ3v) is 3.65. The summed E-state index contributed by atoms with van der Waals surface area (Å²) in [5.74, 6) is -0.304. The van der Waals surface area contributed by atoms with Crippen LogP contribution < -0.4 is 0 Å². The van der Waals surface area contributed by atoms with Crippen LogP contribution in [0, 0.1) is 10.1 Å². The number of aromatic hydroxyl groups is 1. The second-order valence-electron chi connectivity index (χ2n) is 5.04. The normalized spacial score (nSPS) is 10.8. The first-order valence-electron chi connectivity index (χ1n) is 7.05. The van der Waals surface area contributed by atoms with Gasteiger partial charge in [0.15, 0.2) is 11.5 Å². The quantitative estimate of drug-likeness (QED) is 0.449. The molecule has 0 saturated carbocycles. The second-order valence-corrected chi connectivity index (χ2v) is 5.04. The average Bonchev–Trinajstić information content (AvgIpc) is 2.92. The summed E-state index contributed by atoms with van der Waals surface area (Å²) in [7, 11) is 0. The molecule has 0 bridgehead atoms. The van der Waals surface area contributed by atoms with Crippen LogP contribution in [0.25, 0.3) is 11.0 Å². The number of aryl methyl sites for hydroxylation is 1. The number of hydrogen-bond donors (Lipinski definition) is 1. The molecule has 6 nitrogen and oxygen atoms in total. The van der Waals surface area contributed by atoms with E-state index in [1.165, 1.54) is 6.07 Å². The van der Waals surface area contributed by atoms with Gasteiger partial charge in [0.05, 0.1) is 10.5 Å². The highest BCUT2D eigenvalue weighted by atomic mass is 16.6. The first-order valence-corrected chi connectivity index (χ1v) is 7.05. The summed E-state index contributed by atoms with van der Waals surface area (Å²) in [5, 5.41) is 21.1. The van der Waals surface area contributed by atoms with Crippen LogP contribution in [0.4, 0.5) is 5.69 Å². The maximum absolute atomic E-state index is 12.8. The Balaban J connectivity index is 2.18. The third kappa shape index (κ3) is 2.44. The first kappa shape index (κ1) is 14.8. The summed E-state index contributed by atoms with van der Waals surface area (Å²) < 4.78 is 5.69. The SMILES string of the molecule is CCc1oc2ccccc2c1C(=O)c1ccc(O)c([N+](=O)[O-])c1. The maximum atomic E-state index is 12.8. The van der Waals surface area contributed by atoms with Gasteiger partial charge in [-0.15, -0.1) is 0 Å². The van der Waals surface area contributed by atoms with E-state index in [9.17, 15) is 20.0 Å². The Kier molecular flexibility index (Phi) is 3.57. The molecule has 3 aromatic rings.